The first-order valence-electron chi connectivity index (χ1n) is 16.6. The molecule has 5 heterocycles. The Hall–Kier alpha value is -4.09. The Labute approximate surface area is 294 Å². The summed E-state index contributed by atoms with van der Waals surface area (Å²) in [7, 11) is 1.58. The van der Waals surface area contributed by atoms with Gasteiger partial charge in [-0.05, 0) is 49.1 Å². The van der Waals surface area contributed by atoms with Crippen LogP contribution in [0.15, 0.2) is 54.7 Å². The minimum absolute atomic E-state index is 0.0847. The molecular weight excluding hydrogens is 666 g/mol. The summed E-state index contributed by atoms with van der Waals surface area (Å²) < 4.78 is 21.3. The van der Waals surface area contributed by atoms with Crippen molar-refractivity contribution in [1.82, 2.24) is 30.8 Å². The van der Waals surface area contributed by atoms with E-state index in [1.807, 2.05) is 36.4 Å². The van der Waals surface area contributed by atoms with E-state index in [1.165, 1.54) is 6.07 Å². The van der Waals surface area contributed by atoms with Gasteiger partial charge in [-0.1, -0.05) is 47.5 Å². The van der Waals surface area contributed by atoms with E-state index in [0.29, 0.717) is 101 Å². The van der Waals surface area contributed by atoms with Gasteiger partial charge in [-0.2, -0.15) is 0 Å². The number of aromatic nitrogens is 2. The van der Waals surface area contributed by atoms with Crippen LogP contribution in [0.25, 0.3) is 33.6 Å². The molecule has 2 amide bonds. The maximum Gasteiger partial charge on any atom is 0.220 e. The van der Waals surface area contributed by atoms with Crippen LogP contribution in [0.3, 0.4) is 0 Å². The molecule has 7 rings (SSSR count). The number of rotatable bonds is 10. The fourth-order valence-corrected chi connectivity index (χ4v) is 7.67. The summed E-state index contributed by atoms with van der Waals surface area (Å²) in [5.74, 6) is 0.364. The first-order chi connectivity index (χ1) is 23.8. The first-order valence-corrected chi connectivity index (χ1v) is 17.3. The number of hydrogen-bond acceptors (Lipinski definition) is 7. The van der Waals surface area contributed by atoms with E-state index in [0.717, 1.165) is 30.5 Å². The number of nitrogens with one attached hydrogen (secondary N) is 3. The van der Waals surface area contributed by atoms with Gasteiger partial charge in [0.15, 0.2) is 0 Å². The Morgan fingerprint density at radius 2 is 1.71 bits per heavy atom. The lowest BCUT2D eigenvalue weighted by Gasteiger charge is -2.31. The molecule has 0 radical (unpaired) electrons. The highest BCUT2D eigenvalue weighted by Gasteiger charge is 2.27. The van der Waals surface area contributed by atoms with Gasteiger partial charge in [-0.3, -0.25) is 19.5 Å². The summed E-state index contributed by atoms with van der Waals surface area (Å²) in [4.78, 5) is 34.7. The van der Waals surface area contributed by atoms with E-state index in [2.05, 4.69) is 25.8 Å². The average Bonchev–Trinajstić information content (AvgIpc) is 3.72. The monoisotopic (exact) mass is 702 g/mol. The van der Waals surface area contributed by atoms with Crippen molar-refractivity contribution in [3.05, 3.63) is 87.3 Å². The molecule has 0 saturated carbocycles. The van der Waals surface area contributed by atoms with Gasteiger partial charge in [-0.25, -0.2) is 9.37 Å². The van der Waals surface area contributed by atoms with Gasteiger partial charge in [0.1, 0.15) is 5.82 Å². The van der Waals surface area contributed by atoms with Crippen molar-refractivity contribution in [3.8, 4) is 39.5 Å². The van der Waals surface area contributed by atoms with Gasteiger partial charge >= 0.3 is 0 Å². The number of carbonyl (C=O) groups excluding carboxylic acids is 2. The van der Waals surface area contributed by atoms with Crippen LogP contribution in [-0.2, 0) is 29.1 Å². The largest absolute Gasteiger partial charge is 0.481 e. The second-order valence-corrected chi connectivity index (χ2v) is 13.6. The third-order valence-electron chi connectivity index (χ3n) is 9.58. The third-order valence-corrected chi connectivity index (χ3v) is 10.4. The SMILES string of the molecule is COc1nc(-c2cccc(-c3ccnc(-c4cc(F)c5c(c4)CCN(C[C@@H]4CCC(=O)N4)C5)c3Cl)c2Cl)ccc1CNC[C@H]1CCC(=O)N1. The second-order valence-electron chi connectivity index (χ2n) is 12.9. The maximum absolute atomic E-state index is 15.6. The first kappa shape index (κ1) is 33.4. The summed E-state index contributed by atoms with van der Waals surface area (Å²) in [6.45, 7) is 3.19. The Morgan fingerprint density at radius 1 is 0.959 bits per heavy atom. The Kier molecular flexibility index (Phi) is 9.82. The molecule has 3 aliphatic heterocycles. The van der Waals surface area contributed by atoms with E-state index in [4.69, 9.17) is 32.9 Å². The molecule has 12 heteroatoms. The zero-order valence-electron chi connectivity index (χ0n) is 27.1. The number of hydrogen-bond donors (Lipinski definition) is 3. The number of fused-ring (bicyclic) bond motifs is 1. The van der Waals surface area contributed by atoms with Crippen molar-refractivity contribution in [2.45, 2.75) is 57.3 Å². The zero-order valence-corrected chi connectivity index (χ0v) is 28.6. The Morgan fingerprint density at radius 3 is 2.47 bits per heavy atom. The molecule has 0 spiro atoms. The highest BCUT2D eigenvalue weighted by Crippen LogP contribution is 2.42. The van der Waals surface area contributed by atoms with Gasteiger partial charge in [-0.15, -0.1) is 0 Å². The van der Waals surface area contributed by atoms with Gasteiger partial charge in [0.25, 0.3) is 0 Å². The molecule has 2 aromatic heterocycles. The Balaban J connectivity index is 1.11. The van der Waals surface area contributed by atoms with Gasteiger partial charge in [0.05, 0.1) is 28.5 Å². The van der Waals surface area contributed by atoms with Crippen LogP contribution in [0, 0.1) is 5.82 Å². The van der Waals surface area contributed by atoms with Crippen LogP contribution >= 0.6 is 23.2 Å². The van der Waals surface area contributed by atoms with Crippen LogP contribution in [0.5, 0.6) is 5.88 Å². The van der Waals surface area contributed by atoms with E-state index in [-0.39, 0.29) is 29.7 Å². The molecule has 0 unspecified atom stereocenters. The van der Waals surface area contributed by atoms with Crippen LogP contribution in [-0.4, -0.2) is 65.5 Å². The molecule has 3 aliphatic rings. The van der Waals surface area contributed by atoms with Crippen LogP contribution in [0.4, 0.5) is 4.39 Å². The number of methoxy groups -OCH3 is 1. The van der Waals surface area contributed by atoms with Crippen LogP contribution in [0.2, 0.25) is 10.0 Å². The number of amides is 2. The number of carbonyl (C=O) groups is 2. The molecule has 3 N–H and O–H groups in total. The summed E-state index contributed by atoms with van der Waals surface area (Å²) in [5.41, 5.74) is 6.31. The van der Waals surface area contributed by atoms with Crippen molar-refractivity contribution in [2.75, 3.05) is 26.7 Å². The van der Waals surface area contributed by atoms with Crippen molar-refractivity contribution >= 4 is 35.0 Å². The maximum atomic E-state index is 15.6. The standard InChI is InChI=1S/C37H37Cl2FN6O3/c1-49-37-22(17-41-18-24-6-9-32(47)43-24)5-8-31(45-37)28-4-2-3-26(34(28)38)27-11-13-42-36(35(27)39)23-15-21-12-14-46(20-29(21)30(40)16-23)19-25-7-10-33(48)44-25/h2-5,8,11,13,15-16,24-25,41H,6-7,9-10,12,14,17-20H2,1H3,(H,43,47)(H,44,48)/t24-,25+/m1/s1. The molecular formula is C37H37Cl2FN6O3. The van der Waals surface area contributed by atoms with E-state index in [9.17, 15) is 9.59 Å². The van der Waals surface area contributed by atoms with E-state index in [1.54, 1.807) is 19.4 Å². The molecule has 254 valence electrons. The number of benzene rings is 2. The molecule has 9 nitrogen and oxygen atoms in total. The number of ether oxygens (including phenoxy) is 1. The lowest BCUT2D eigenvalue weighted by Crippen LogP contribution is -2.41. The highest BCUT2D eigenvalue weighted by atomic mass is 35.5. The van der Waals surface area contributed by atoms with Crippen LogP contribution in [0.1, 0.15) is 42.4 Å². The van der Waals surface area contributed by atoms with Crippen molar-refractivity contribution in [2.24, 2.45) is 0 Å². The number of nitrogens with zero attached hydrogens (tertiary/aromatic N) is 3. The van der Waals surface area contributed by atoms with E-state index < -0.39 is 0 Å². The van der Waals surface area contributed by atoms with Crippen molar-refractivity contribution in [3.63, 3.8) is 0 Å². The number of pyridine rings is 2. The minimum Gasteiger partial charge on any atom is -0.481 e. The molecule has 0 aliphatic carbocycles. The lowest BCUT2D eigenvalue weighted by atomic mass is 9.94. The predicted octanol–water partition coefficient (Wildman–Crippen LogP) is 5.94. The summed E-state index contributed by atoms with van der Waals surface area (Å²) in [6.07, 6.45) is 5.11. The second kappa shape index (κ2) is 14.4. The van der Waals surface area contributed by atoms with E-state index >= 15 is 4.39 Å². The van der Waals surface area contributed by atoms with Crippen molar-refractivity contribution in [1.29, 1.82) is 0 Å². The third kappa shape index (κ3) is 7.14. The topological polar surface area (TPSA) is 108 Å². The summed E-state index contributed by atoms with van der Waals surface area (Å²) >= 11 is 14.1. The molecule has 49 heavy (non-hydrogen) atoms. The molecule has 2 saturated heterocycles. The highest BCUT2D eigenvalue weighted by molar-refractivity contribution is 6.39. The smallest absolute Gasteiger partial charge is 0.220 e. The quantitative estimate of drug-likeness (QED) is 0.188. The van der Waals surface area contributed by atoms with Gasteiger partial charge in [0, 0.05) is 97.2 Å². The zero-order chi connectivity index (χ0) is 34.1. The average molecular weight is 704 g/mol. The Bertz CT molecular complexity index is 1920. The summed E-state index contributed by atoms with van der Waals surface area (Å²) in [5, 5.41) is 10.2. The fourth-order valence-electron chi connectivity index (χ4n) is 7.03. The normalized spacial score (nSPS) is 19.1. The molecule has 2 aromatic carbocycles. The molecule has 0 bridgehead atoms. The fraction of sp³-hybridized carbons (Fsp3) is 0.351. The lowest BCUT2D eigenvalue weighted by molar-refractivity contribution is -0.120. The molecule has 2 fully saturated rings. The summed E-state index contributed by atoms with van der Waals surface area (Å²) in [6, 6.07) is 15.1. The number of halogens is 3. The van der Waals surface area contributed by atoms with Gasteiger partial charge < -0.3 is 20.7 Å². The molecule has 2 atom stereocenters. The minimum atomic E-state index is -0.292. The van der Waals surface area contributed by atoms with Crippen LogP contribution < -0.4 is 20.7 Å². The predicted molar refractivity (Wildman–Crippen MR) is 188 cm³/mol. The van der Waals surface area contributed by atoms with Crippen molar-refractivity contribution < 1.29 is 18.7 Å². The van der Waals surface area contributed by atoms with Gasteiger partial charge in [0.2, 0.25) is 17.7 Å². The molecule has 4 aromatic rings.